The standard InChI is InChI=1S/C25H27ClN6O3/c1-16(2)24-28-23(29-35-24)17-3-8-21(27-14-17)30-9-11-31(12-10-30)25(34)18-13-22(33)32(15-18)20-6-4-19(26)5-7-20/h3-8,14,16,18H,9-13,15H2,1-2H3. The second kappa shape index (κ2) is 9.65. The van der Waals surface area contributed by atoms with E-state index in [0.29, 0.717) is 49.5 Å². The number of halogens is 1. The Morgan fingerprint density at radius 2 is 1.83 bits per heavy atom. The summed E-state index contributed by atoms with van der Waals surface area (Å²) in [6.45, 7) is 6.95. The average Bonchev–Trinajstić information content (AvgIpc) is 3.52. The molecule has 0 N–H and O–H groups in total. The van der Waals surface area contributed by atoms with Crippen molar-refractivity contribution in [3.63, 3.8) is 0 Å². The van der Waals surface area contributed by atoms with Crippen LogP contribution in [0.25, 0.3) is 11.4 Å². The second-order valence-corrected chi connectivity index (χ2v) is 9.65. The zero-order valence-electron chi connectivity index (χ0n) is 19.7. The third-order valence-corrected chi connectivity index (χ3v) is 6.72. The maximum atomic E-state index is 13.1. The number of hydrogen-bond donors (Lipinski definition) is 0. The maximum absolute atomic E-state index is 13.1. The lowest BCUT2D eigenvalue weighted by Gasteiger charge is -2.36. The Balaban J connectivity index is 1.17. The number of hydrogen-bond acceptors (Lipinski definition) is 7. The Labute approximate surface area is 208 Å². The van der Waals surface area contributed by atoms with Gasteiger partial charge in [0.1, 0.15) is 5.82 Å². The molecule has 9 nitrogen and oxygen atoms in total. The van der Waals surface area contributed by atoms with Crippen molar-refractivity contribution in [1.29, 1.82) is 0 Å². The first kappa shape index (κ1) is 23.3. The Bertz CT molecular complexity index is 1200. The minimum atomic E-state index is -0.326. The van der Waals surface area contributed by atoms with Crippen LogP contribution in [0.5, 0.6) is 0 Å². The first-order valence-electron chi connectivity index (χ1n) is 11.8. The van der Waals surface area contributed by atoms with Gasteiger partial charge in [-0.1, -0.05) is 30.6 Å². The van der Waals surface area contributed by atoms with Crippen LogP contribution in [-0.4, -0.2) is 64.6 Å². The molecule has 0 aliphatic carbocycles. The predicted molar refractivity (Wildman–Crippen MR) is 132 cm³/mol. The molecule has 5 rings (SSSR count). The van der Waals surface area contributed by atoms with E-state index in [1.165, 1.54) is 0 Å². The zero-order valence-corrected chi connectivity index (χ0v) is 20.5. The Morgan fingerprint density at radius 1 is 1.09 bits per heavy atom. The average molecular weight is 495 g/mol. The van der Waals surface area contributed by atoms with Crippen molar-refractivity contribution >= 4 is 34.9 Å². The zero-order chi connectivity index (χ0) is 24.5. The summed E-state index contributed by atoms with van der Waals surface area (Å²) < 4.78 is 5.28. The smallest absolute Gasteiger partial charge is 0.229 e. The van der Waals surface area contributed by atoms with Gasteiger partial charge in [0.25, 0.3) is 0 Å². The van der Waals surface area contributed by atoms with Crippen LogP contribution < -0.4 is 9.80 Å². The van der Waals surface area contributed by atoms with Gasteiger partial charge in [0, 0.05) is 67.5 Å². The molecule has 182 valence electrons. The monoisotopic (exact) mass is 494 g/mol. The molecule has 0 saturated carbocycles. The van der Waals surface area contributed by atoms with E-state index in [1.54, 1.807) is 23.2 Å². The van der Waals surface area contributed by atoms with Gasteiger partial charge in [-0.2, -0.15) is 4.98 Å². The van der Waals surface area contributed by atoms with Crippen LogP contribution in [0.4, 0.5) is 11.5 Å². The largest absolute Gasteiger partial charge is 0.353 e. The Kier molecular flexibility index (Phi) is 6.42. The molecule has 2 amide bonds. The number of carbonyl (C=O) groups excluding carboxylic acids is 2. The minimum absolute atomic E-state index is 0.0317. The second-order valence-electron chi connectivity index (χ2n) is 9.21. The number of benzene rings is 1. The lowest BCUT2D eigenvalue weighted by Crippen LogP contribution is -2.51. The molecule has 2 aromatic heterocycles. The molecule has 4 heterocycles. The van der Waals surface area contributed by atoms with Gasteiger partial charge in [0.2, 0.25) is 23.5 Å². The van der Waals surface area contributed by atoms with Gasteiger partial charge in [0.15, 0.2) is 0 Å². The van der Waals surface area contributed by atoms with Gasteiger partial charge >= 0.3 is 0 Å². The van der Waals surface area contributed by atoms with E-state index in [2.05, 4.69) is 20.0 Å². The van der Waals surface area contributed by atoms with Crippen LogP contribution in [0.15, 0.2) is 47.1 Å². The lowest BCUT2D eigenvalue weighted by molar-refractivity contribution is -0.136. The number of rotatable bonds is 5. The van der Waals surface area contributed by atoms with E-state index in [1.807, 2.05) is 43.0 Å². The molecule has 2 aliphatic heterocycles. The van der Waals surface area contributed by atoms with E-state index >= 15 is 0 Å². The van der Waals surface area contributed by atoms with Crippen molar-refractivity contribution in [2.24, 2.45) is 5.92 Å². The van der Waals surface area contributed by atoms with Crippen molar-refractivity contribution in [1.82, 2.24) is 20.0 Å². The quantitative estimate of drug-likeness (QED) is 0.534. The molecular weight excluding hydrogens is 468 g/mol. The molecule has 2 fully saturated rings. The van der Waals surface area contributed by atoms with E-state index < -0.39 is 0 Å². The highest BCUT2D eigenvalue weighted by Crippen LogP contribution is 2.28. The Hall–Kier alpha value is -3.46. The fourth-order valence-electron chi connectivity index (χ4n) is 4.45. The first-order valence-corrected chi connectivity index (χ1v) is 12.2. The van der Waals surface area contributed by atoms with E-state index in [4.69, 9.17) is 16.1 Å². The summed E-state index contributed by atoms with van der Waals surface area (Å²) in [7, 11) is 0. The van der Waals surface area contributed by atoms with Gasteiger partial charge in [-0.05, 0) is 36.4 Å². The van der Waals surface area contributed by atoms with Crippen LogP contribution in [0.1, 0.15) is 32.1 Å². The van der Waals surface area contributed by atoms with Crippen molar-refractivity contribution in [3.8, 4) is 11.4 Å². The highest BCUT2D eigenvalue weighted by Gasteiger charge is 2.38. The van der Waals surface area contributed by atoms with Gasteiger partial charge in [0.05, 0.1) is 5.92 Å². The van der Waals surface area contributed by atoms with Gasteiger partial charge in [-0.15, -0.1) is 0 Å². The normalized spacial score (nSPS) is 18.6. The number of anilines is 2. The summed E-state index contributed by atoms with van der Waals surface area (Å²) in [5.41, 5.74) is 1.57. The molecular formula is C25H27ClN6O3. The molecule has 3 aromatic rings. The van der Waals surface area contributed by atoms with Gasteiger partial charge < -0.3 is 19.2 Å². The third-order valence-electron chi connectivity index (χ3n) is 6.47. The summed E-state index contributed by atoms with van der Waals surface area (Å²) in [5, 5.41) is 4.65. The maximum Gasteiger partial charge on any atom is 0.229 e. The van der Waals surface area contributed by atoms with E-state index in [0.717, 1.165) is 17.1 Å². The van der Waals surface area contributed by atoms with E-state index in [9.17, 15) is 9.59 Å². The summed E-state index contributed by atoms with van der Waals surface area (Å²) in [6.07, 6.45) is 1.98. The number of nitrogens with zero attached hydrogens (tertiary/aromatic N) is 6. The topological polar surface area (TPSA) is 95.7 Å². The summed E-state index contributed by atoms with van der Waals surface area (Å²) in [4.78, 5) is 40.4. The molecule has 1 atom stereocenters. The fourth-order valence-corrected chi connectivity index (χ4v) is 4.58. The molecule has 0 spiro atoms. The molecule has 2 aliphatic rings. The molecule has 2 saturated heterocycles. The van der Waals surface area contributed by atoms with E-state index in [-0.39, 0.29) is 30.1 Å². The number of amides is 2. The Morgan fingerprint density at radius 3 is 2.46 bits per heavy atom. The number of pyridine rings is 1. The van der Waals surface area contributed by atoms with Gasteiger partial charge in [-0.25, -0.2) is 4.98 Å². The van der Waals surface area contributed by atoms with Crippen LogP contribution in [0.2, 0.25) is 5.02 Å². The molecule has 1 aromatic carbocycles. The van der Waals surface area contributed by atoms with Crippen molar-refractivity contribution in [2.75, 3.05) is 42.5 Å². The van der Waals surface area contributed by atoms with Crippen molar-refractivity contribution in [3.05, 3.63) is 53.5 Å². The SMILES string of the molecule is CC(C)c1nc(-c2ccc(N3CCN(C(=O)C4CC(=O)N(c5ccc(Cl)cc5)C4)CC3)nc2)no1. The number of carbonyl (C=O) groups is 2. The van der Waals surface area contributed by atoms with Crippen molar-refractivity contribution < 1.29 is 14.1 Å². The van der Waals surface area contributed by atoms with Gasteiger partial charge in [-0.3, -0.25) is 9.59 Å². The molecule has 0 radical (unpaired) electrons. The molecule has 35 heavy (non-hydrogen) atoms. The molecule has 0 bridgehead atoms. The molecule has 10 heteroatoms. The third kappa shape index (κ3) is 4.86. The van der Waals surface area contributed by atoms with Crippen LogP contribution in [0.3, 0.4) is 0 Å². The number of piperazine rings is 1. The van der Waals surface area contributed by atoms with Crippen LogP contribution >= 0.6 is 11.6 Å². The van der Waals surface area contributed by atoms with Crippen LogP contribution in [0, 0.1) is 5.92 Å². The van der Waals surface area contributed by atoms with Crippen molar-refractivity contribution in [2.45, 2.75) is 26.2 Å². The summed E-state index contributed by atoms with van der Waals surface area (Å²) >= 11 is 5.96. The van der Waals surface area contributed by atoms with Crippen LogP contribution in [-0.2, 0) is 9.59 Å². The number of aromatic nitrogens is 3. The minimum Gasteiger partial charge on any atom is -0.353 e. The highest BCUT2D eigenvalue weighted by molar-refractivity contribution is 6.30. The lowest BCUT2D eigenvalue weighted by atomic mass is 10.1. The molecule has 1 unspecified atom stereocenters. The summed E-state index contributed by atoms with van der Waals surface area (Å²) in [6, 6.07) is 11.0. The fraction of sp³-hybridized carbons (Fsp3) is 0.400. The highest BCUT2D eigenvalue weighted by atomic mass is 35.5. The summed E-state index contributed by atoms with van der Waals surface area (Å²) in [5.74, 6) is 1.83. The first-order chi connectivity index (χ1) is 16.9. The predicted octanol–water partition coefficient (Wildman–Crippen LogP) is 3.61.